The zero-order chi connectivity index (χ0) is 20.6. The van der Waals surface area contributed by atoms with Gasteiger partial charge in [0.25, 0.3) is 0 Å². The summed E-state index contributed by atoms with van der Waals surface area (Å²) in [7, 11) is 0. The van der Waals surface area contributed by atoms with E-state index in [1.807, 2.05) is 10.9 Å². The summed E-state index contributed by atoms with van der Waals surface area (Å²) in [4.78, 5) is 6.87. The molecule has 1 aromatic carbocycles. The average molecular weight is 410 g/mol. The van der Waals surface area contributed by atoms with E-state index in [0.717, 1.165) is 69.2 Å². The van der Waals surface area contributed by atoms with Crippen LogP contribution < -0.4 is 27.1 Å². The first kappa shape index (κ1) is 19.4. The van der Waals surface area contributed by atoms with Crippen molar-refractivity contribution in [2.24, 2.45) is 17.4 Å². The van der Waals surface area contributed by atoms with Crippen molar-refractivity contribution in [3.63, 3.8) is 0 Å². The molecule has 1 saturated carbocycles. The van der Waals surface area contributed by atoms with Crippen LogP contribution in [0.2, 0.25) is 0 Å². The molecule has 0 radical (unpaired) electrons. The highest BCUT2D eigenvalue weighted by molar-refractivity contribution is 5.76. The van der Waals surface area contributed by atoms with Gasteiger partial charge in [-0.3, -0.25) is 0 Å². The average Bonchev–Trinajstić information content (AvgIpc) is 3.24. The van der Waals surface area contributed by atoms with E-state index in [1.54, 1.807) is 6.20 Å². The number of fused-ring (bicyclic) bond motifs is 1. The molecule has 30 heavy (non-hydrogen) atoms. The van der Waals surface area contributed by atoms with Gasteiger partial charge in [-0.1, -0.05) is 0 Å². The second-order valence-electron chi connectivity index (χ2n) is 8.61. The second-order valence-corrected chi connectivity index (χ2v) is 8.61. The van der Waals surface area contributed by atoms with E-state index >= 15 is 0 Å². The summed E-state index contributed by atoms with van der Waals surface area (Å²) in [5, 5.41) is 3.55. The van der Waals surface area contributed by atoms with Crippen molar-refractivity contribution in [1.82, 2.24) is 9.66 Å². The van der Waals surface area contributed by atoms with Gasteiger partial charge in [-0.2, -0.15) is 0 Å². The Morgan fingerprint density at radius 2 is 1.83 bits per heavy atom. The highest BCUT2D eigenvalue weighted by Crippen LogP contribution is 2.35. The summed E-state index contributed by atoms with van der Waals surface area (Å²) >= 11 is 0. The number of hydrogen-bond donors (Lipinski definition) is 4. The molecular formula is C22H31N7O. The number of nitrogens with zero attached hydrogens (tertiary/aromatic N) is 3. The van der Waals surface area contributed by atoms with Gasteiger partial charge in [-0.05, 0) is 56.0 Å². The zero-order valence-corrected chi connectivity index (χ0v) is 17.3. The summed E-state index contributed by atoms with van der Waals surface area (Å²) < 4.78 is 7.38. The highest BCUT2D eigenvalue weighted by Gasteiger charge is 2.39. The van der Waals surface area contributed by atoms with Crippen LogP contribution in [0.4, 0.5) is 11.4 Å². The summed E-state index contributed by atoms with van der Waals surface area (Å²) in [5.41, 5.74) is 19.0. The molecule has 1 atom stereocenters. The lowest BCUT2D eigenvalue weighted by molar-refractivity contribution is 0.122. The van der Waals surface area contributed by atoms with Gasteiger partial charge >= 0.3 is 0 Å². The SMILES string of the molecule is NC1CCC(C2(N)C=C(Nc3ccc(N4CCOCC4)cc3)c3nccn3N2)CC1. The van der Waals surface area contributed by atoms with Crippen LogP contribution in [0.3, 0.4) is 0 Å². The van der Waals surface area contributed by atoms with Gasteiger partial charge in [0.1, 0.15) is 5.66 Å². The smallest absolute Gasteiger partial charge is 0.174 e. The number of benzene rings is 1. The van der Waals surface area contributed by atoms with Crippen LogP contribution in [0.15, 0.2) is 42.7 Å². The Balaban J connectivity index is 1.37. The Morgan fingerprint density at radius 1 is 1.10 bits per heavy atom. The molecule has 0 spiro atoms. The molecule has 1 unspecified atom stereocenters. The monoisotopic (exact) mass is 409 g/mol. The number of morpholine rings is 1. The van der Waals surface area contributed by atoms with Gasteiger partial charge in [-0.25, -0.2) is 9.66 Å². The Morgan fingerprint density at radius 3 is 2.57 bits per heavy atom. The van der Waals surface area contributed by atoms with E-state index in [-0.39, 0.29) is 0 Å². The maximum Gasteiger partial charge on any atom is 0.174 e. The first-order valence-corrected chi connectivity index (χ1v) is 10.9. The number of nitrogens with two attached hydrogens (primary N) is 2. The molecule has 6 N–H and O–H groups in total. The van der Waals surface area contributed by atoms with Crippen LogP contribution in [0.25, 0.3) is 5.70 Å². The molecule has 3 aliphatic rings. The number of aromatic nitrogens is 2. The Labute approximate surface area is 177 Å². The third kappa shape index (κ3) is 3.78. The van der Waals surface area contributed by atoms with Crippen LogP contribution in [0.1, 0.15) is 31.5 Å². The highest BCUT2D eigenvalue weighted by atomic mass is 16.5. The second kappa shape index (κ2) is 7.94. The summed E-state index contributed by atoms with van der Waals surface area (Å²) in [6.45, 7) is 3.43. The predicted octanol–water partition coefficient (Wildman–Crippen LogP) is 1.90. The number of anilines is 2. The van der Waals surface area contributed by atoms with E-state index in [9.17, 15) is 0 Å². The summed E-state index contributed by atoms with van der Waals surface area (Å²) in [6.07, 6.45) is 9.89. The van der Waals surface area contributed by atoms with Gasteiger partial charge in [-0.15, -0.1) is 0 Å². The fraction of sp³-hybridized carbons (Fsp3) is 0.500. The Kier molecular flexibility index (Phi) is 5.14. The summed E-state index contributed by atoms with van der Waals surface area (Å²) in [5.74, 6) is 1.16. The molecular weight excluding hydrogens is 378 g/mol. The van der Waals surface area contributed by atoms with Gasteiger partial charge < -0.3 is 31.8 Å². The minimum Gasteiger partial charge on any atom is -0.378 e. The lowest BCUT2D eigenvalue weighted by Gasteiger charge is -2.42. The molecule has 2 aromatic rings. The number of ether oxygens (including phenoxy) is 1. The van der Waals surface area contributed by atoms with Crippen molar-refractivity contribution >= 4 is 17.1 Å². The van der Waals surface area contributed by atoms with Crippen LogP contribution in [0.5, 0.6) is 0 Å². The molecule has 0 bridgehead atoms. The number of rotatable bonds is 4. The van der Waals surface area contributed by atoms with Crippen LogP contribution >= 0.6 is 0 Å². The first-order chi connectivity index (χ1) is 14.6. The molecule has 1 saturated heterocycles. The number of hydrogen-bond acceptors (Lipinski definition) is 7. The third-order valence-corrected chi connectivity index (χ3v) is 6.55. The maximum absolute atomic E-state index is 6.88. The van der Waals surface area contributed by atoms with Gasteiger partial charge in [0.15, 0.2) is 5.82 Å². The quantitative estimate of drug-likeness (QED) is 0.611. The molecule has 5 rings (SSSR count). The maximum atomic E-state index is 6.88. The molecule has 0 amide bonds. The van der Waals surface area contributed by atoms with Gasteiger partial charge in [0.05, 0.1) is 18.9 Å². The predicted molar refractivity (Wildman–Crippen MR) is 120 cm³/mol. The van der Waals surface area contributed by atoms with E-state index in [1.165, 1.54) is 5.69 Å². The van der Waals surface area contributed by atoms with E-state index in [4.69, 9.17) is 16.2 Å². The topological polar surface area (TPSA) is 106 Å². The minimum atomic E-state index is -0.635. The molecule has 2 aliphatic heterocycles. The Bertz CT molecular complexity index is 894. The molecule has 1 aliphatic carbocycles. The molecule has 8 heteroatoms. The van der Waals surface area contributed by atoms with E-state index < -0.39 is 5.66 Å². The molecule has 2 fully saturated rings. The largest absolute Gasteiger partial charge is 0.378 e. The molecule has 8 nitrogen and oxygen atoms in total. The number of nitrogens with one attached hydrogen (secondary N) is 2. The van der Waals surface area contributed by atoms with Crippen molar-refractivity contribution in [1.29, 1.82) is 0 Å². The van der Waals surface area contributed by atoms with Crippen molar-refractivity contribution in [3.8, 4) is 0 Å². The summed E-state index contributed by atoms with van der Waals surface area (Å²) in [6, 6.07) is 8.82. The molecule has 160 valence electrons. The minimum absolute atomic E-state index is 0.295. The van der Waals surface area contributed by atoms with Crippen molar-refractivity contribution in [3.05, 3.63) is 48.6 Å². The van der Waals surface area contributed by atoms with Crippen LogP contribution in [0, 0.1) is 5.92 Å². The first-order valence-electron chi connectivity index (χ1n) is 10.9. The van der Waals surface area contributed by atoms with Crippen LogP contribution in [-0.4, -0.2) is 47.7 Å². The standard InChI is InChI=1S/C22H31N7O/c23-17-3-1-16(2-4-17)22(24)15-20(21-25-9-10-29(21)27-22)26-18-5-7-19(8-6-18)28-11-13-30-14-12-28/h5-10,15-17,26-27H,1-4,11-14,23-24H2. The fourth-order valence-electron chi connectivity index (χ4n) is 4.77. The van der Waals surface area contributed by atoms with Gasteiger partial charge in [0, 0.05) is 48.8 Å². The van der Waals surface area contributed by atoms with Gasteiger partial charge in [0.2, 0.25) is 0 Å². The number of imidazole rings is 1. The van der Waals surface area contributed by atoms with Crippen molar-refractivity contribution in [2.75, 3.05) is 41.9 Å². The third-order valence-electron chi connectivity index (χ3n) is 6.55. The van der Waals surface area contributed by atoms with Crippen molar-refractivity contribution < 1.29 is 4.74 Å². The lowest BCUT2D eigenvalue weighted by Crippen LogP contribution is -2.58. The zero-order valence-electron chi connectivity index (χ0n) is 17.3. The van der Waals surface area contributed by atoms with Crippen molar-refractivity contribution in [2.45, 2.75) is 37.4 Å². The van der Waals surface area contributed by atoms with Crippen LogP contribution in [-0.2, 0) is 4.74 Å². The van der Waals surface area contributed by atoms with E-state index in [2.05, 4.69) is 51.0 Å². The lowest BCUT2D eigenvalue weighted by atomic mass is 9.78. The fourth-order valence-corrected chi connectivity index (χ4v) is 4.77. The molecule has 1 aromatic heterocycles. The normalized spacial score (nSPS) is 29.0. The Hall–Kier alpha value is -2.55. The molecule has 3 heterocycles. The van der Waals surface area contributed by atoms with E-state index in [0.29, 0.717) is 12.0 Å².